The van der Waals surface area contributed by atoms with Crippen molar-refractivity contribution in [3.63, 3.8) is 0 Å². The number of rotatable bonds is 2. The molecule has 0 spiro atoms. The summed E-state index contributed by atoms with van der Waals surface area (Å²) in [4.78, 5) is 12.2. The zero-order valence-electron chi connectivity index (χ0n) is 15.0. The van der Waals surface area contributed by atoms with Gasteiger partial charge in [0.05, 0.1) is 17.4 Å². The fourth-order valence-electron chi connectivity index (χ4n) is 4.90. The van der Waals surface area contributed by atoms with E-state index in [1.165, 1.54) is 23.3 Å². The van der Waals surface area contributed by atoms with Crippen molar-refractivity contribution >= 4 is 29.1 Å². The normalized spacial score (nSPS) is 24.2. The second-order valence-corrected chi connectivity index (χ2v) is 7.66. The topological polar surface area (TPSA) is 46.9 Å². The molecule has 1 aliphatic carbocycles. The fraction of sp³-hybridized carbons (Fsp3) is 0.333. The first-order valence-electron chi connectivity index (χ1n) is 9.04. The molecule has 140 valence electrons. The van der Waals surface area contributed by atoms with E-state index in [1.54, 1.807) is 12.1 Å². The molecule has 3 aromatic rings. The van der Waals surface area contributed by atoms with Crippen LogP contribution in [0.1, 0.15) is 24.0 Å². The van der Waals surface area contributed by atoms with Crippen LogP contribution in [0, 0.1) is 18.7 Å². The number of aryl methyl sites for hydroxylation is 1. The highest BCUT2D eigenvalue weighted by molar-refractivity contribution is 5.86. The number of ketones is 1. The maximum absolute atomic E-state index is 13.2. The Morgan fingerprint density at radius 2 is 2.04 bits per heavy atom. The minimum absolute atomic E-state index is 0. The second kappa shape index (κ2) is 6.43. The van der Waals surface area contributed by atoms with E-state index >= 15 is 0 Å². The monoisotopic (exact) mass is 385 g/mol. The number of carbonyl (C=O) groups excluding carboxylic acids is 1. The van der Waals surface area contributed by atoms with Crippen molar-refractivity contribution in [2.75, 3.05) is 13.1 Å². The van der Waals surface area contributed by atoms with Gasteiger partial charge >= 0.3 is 0 Å². The van der Waals surface area contributed by atoms with Crippen molar-refractivity contribution in [2.24, 2.45) is 5.92 Å². The van der Waals surface area contributed by atoms with Gasteiger partial charge in [-0.1, -0.05) is 0 Å². The first-order chi connectivity index (χ1) is 12.6. The van der Waals surface area contributed by atoms with E-state index in [2.05, 4.69) is 29.5 Å². The number of nitrogens with one attached hydrogen (secondary N) is 1. The maximum Gasteiger partial charge on any atom is 0.134 e. The van der Waals surface area contributed by atoms with Gasteiger partial charge in [0.25, 0.3) is 0 Å². The van der Waals surface area contributed by atoms with E-state index in [-0.39, 0.29) is 23.6 Å². The molecule has 5 rings (SSSR count). The molecule has 1 saturated heterocycles. The fourth-order valence-corrected chi connectivity index (χ4v) is 4.90. The summed E-state index contributed by atoms with van der Waals surface area (Å²) in [5.41, 5.74) is 4.21. The summed E-state index contributed by atoms with van der Waals surface area (Å²) < 4.78 is 15.1. The number of nitrogens with zero attached hydrogens (tertiary/aromatic N) is 2. The molecule has 0 radical (unpaired) electrons. The average molecular weight is 386 g/mol. The Bertz CT molecular complexity index is 1030. The molecule has 1 aliphatic heterocycles. The predicted octanol–water partition coefficient (Wildman–Crippen LogP) is 3.71. The third-order valence-corrected chi connectivity index (χ3v) is 6.12. The van der Waals surface area contributed by atoms with E-state index in [1.807, 2.05) is 10.9 Å². The Labute approximate surface area is 163 Å². The smallest absolute Gasteiger partial charge is 0.134 e. The van der Waals surface area contributed by atoms with E-state index < -0.39 is 0 Å². The van der Waals surface area contributed by atoms with Gasteiger partial charge in [-0.2, -0.15) is 5.10 Å². The zero-order valence-corrected chi connectivity index (χ0v) is 15.9. The van der Waals surface area contributed by atoms with Crippen LogP contribution in [-0.4, -0.2) is 28.7 Å². The molecule has 0 amide bonds. The van der Waals surface area contributed by atoms with Gasteiger partial charge < -0.3 is 5.32 Å². The van der Waals surface area contributed by atoms with Crippen LogP contribution in [0.2, 0.25) is 0 Å². The number of aromatic nitrogens is 2. The number of fused-ring (bicyclic) bond motifs is 2. The molecule has 1 saturated carbocycles. The van der Waals surface area contributed by atoms with Gasteiger partial charge in [0, 0.05) is 30.2 Å². The van der Waals surface area contributed by atoms with Crippen molar-refractivity contribution in [3.8, 4) is 5.69 Å². The molecular formula is C21H21ClFN3O. The van der Waals surface area contributed by atoms with Crippen LogP contribution in [0.15, 0.2) is 42.6 Å². The van der Waals surface area contributed by atoms with Crippen LogP contribution in [0.3, 0.4) is 0 Å². The minimum atomic E-state index is -0.256. The van der Waals surface area contributed by atoms with Crippen molar-refractivity contribution in [3.05, 3.63) is 59.5 Å². The van der Waals surface area contributed by atoms with E-state index in [0.29, 0.717) is 24.5 Å². The van der Waals surface area contributed by atoms with Gasteiger partial charge in [0.15, 0.2) is 0 Å². The molecule has 2 atom stereocenters. The highest BCUT2D eigenvalue weighted by atomic mass is 35.5. The SMILES string of the molecule is Cc1cc2c(cnn2-c2ccc(F)cc2)cc1C12CNCC1CC(=O)C2.Cl. The highest BCUT2D eigenvalue weighted by Crippen LogP contribution is 2.48. The van der Waals surface area contributed by atoms with E-state index in [9.17, 15) is 9.18 Å². The quantitative estimate of drug-likeness (QED) is 0.731. The van der Waals surface area contributed by atoms with Crippen LogP contribution in [0.25, 0.3) is 16.6 Å². The Kier molecular flexibility index (Phi) is 4.32. The van der Waals surface area contributed by atoms with Gasteiger partial charge in [-0.05, 0) is 66.9 Å². The number of hydrogen-bond donors (Lipinski definition) is 1. The van der Waals surface area contributed by atoms with Gasteiger partial charge in [-0.15, -0.1) is 12.4 Å². The third-order valence-electron chi connectivity index (χ3n) is 6.12. The van der Waals surface area contributed by atoms with Crippen LogP contribution in [0.5, 0.6) is 0 Å². The lowest BCUT2D eigenvalue weighted by Gasteiger charge is -2.30. The minimum Gasteiger partial charge on any atom is -0.315 e. The summed E-state index contributed by atoms with van der Waals surface area (Å²) >= 11 is 0. The van der Waals surface area contributed by atoms with Crippen molar-refractivity contribution in [1.82, 2.24) is 15.1 Å². The predicted molar refractivity (Wildman–Crippen MR) is 105 cm³/mol. The Balaban J connectivity index is 0.00000180. The first-order valence-corrected chi connectivity index (χ1v) is 9.04. The van der Waals surface area contributed by atoms with E-state index in [0.717, 1.165) is 29.7 Å². The van der Waals surface area contributed by atoms with Gasteiger partial charge in [-0.25, -0.2) is 9.07 Å². The van der Waals surface area contributed by atoms with Crippen LogP contribution in [-0.2, 0) is 10.2 Å². The Hall–Kier alpha value is -2.24. The molecular weight excluding hydrogens is 365 g/mol. The number of benzene rings is 2. The van der Waals surface area contributed by atoms with Crippen LogP contribution >= 0.6 is 12.4 Å². The average Bonchev–Trinajstić information content (AvgIpc) is 3.27. The van der Waals surface area contributed by atoms with Crippen LogP contribution in [0.4, 0.5) is 4.39 Å². The lowest BCUT2D eigenvalue weighted by atomic mass is 9.72. The van der Waals surface area contributed by atoms with Gasteiger partial charge in [0.2, 0.25) is 0 Å². The summed E-state index contributed by atoms with van der Waals surface area (Å²) in [5.74, 6) is 0.504. The van der Waals surface area contributed by atoms with Crippen molar-refractivity contribution in [1.29, 1.82) is 0 Å². The molecule has 0 bridgehead atoms. The molecule has 6 heteroatoms. The zero-order chi connectivity index (χ0) is 17.9. The third kappa shape index (κ3) is 2.68. The molecule has 2 fully saturated rings. The Morgan fingerprint density at radius 3 is 2.81 bits per heavy atom. The molecule has 27 heavy (non-hydrogen) atoms. The first kappa shape index (κ1) is 18.1. The van der Waals surface area contributed by atoms with Crippen molar-refractivity contribution < 1.29 is 9.18 Å². The number of hydrogen-bond acceptors (Lipinski definition) is 3. The molecule has 2 aliphatic rings. The molecule has 2 aromatic carbocycles. The Morgan fingerprint density at radius 1 is 1.26 bits per heavy atom. The molecule has 2 unspecified atom stereocenters. The molecule has 1 N–H and O–H groups in total. The number of carbonyl (C=O) groups is 1. The molecule has 2 heterocycles. The summed E-state index contributed by atoms with van der Waals surface area (Å²) in [6, 6.07) is 10.7. The largest absolute Gasteiger partial charge is 0.315 e. The lowest BCUT2D eigenvalue weighted by molar-refractivity contribution is -0.117. The summed E-state index contributed by atoms with van der Waals surface area (Å²) in [6.45, 7) is 3.89. The standard InChI is InChI=1S/C21H20FN3O.ClH/c1-13-6-20-14(10-24-25(20)17-4-2-16(22)3-5-17)7-19(13)21-9-18(26)8-15(21)11-23-12-21;/h2-7,10,15,23H,8-9,11-12H2,1H3;1H. The summed E-state index contributed by atoms with van der Waals surface area (Å²) in [7, 11) is 0. The van der Waals surface area contributed by atoms with Crippen LogP contribution < -0.4 is 5.32 Å². The maximum atomic E-state index is 13.2. The second-order valence-electron chi connectivity index (χ2n) is 7.66. The van der Waals surface area contributed by atoms with Crippen molar-refractivity contribution in [2.45, 2.75) is 25.2 Å². The molecule has 1 aromatic heterocycles. The summed E-state index contributed by atoms with van der Waals surface area (Å²) in [6.07, 6.45) is 3.16. The molecule has 4 nitrogen and oxygen atoms in total. The summed E-state index contributed by atoms with van der Waals surface area (Å²) in [5, 5.41) is 9.05. The van der Waals surface area contributed by atoms with Gasteiger partial charge in [0.1, 0.15) is 11.6 Å². The number of Topliss-reactive ketones (excluding diaryl/α,β-unsaturated/α-hetero) is 1. The highest BCUT2D eigenvalue weighted by Gasteiger charge is 2.51. The lowest BCUT2D eigenvalue weighted by Crippen LogP contribution is -2.32. The van der Waals surface area contributed by atoms with Gasteiger partial charge in [-0.3, -0.25) is 4.79 Å². The number of halogens is 2. The van der Waals surface area contributed by atoms with E-state index in [4.69, 9.17) is 0 Å².